The van der Waals surface area contributed by atoms with E-state index in [2.05, 4.69) is 22.8 Å². The number of alkyl carbamates (subject to hydrolysis) is 1. The number of aliphatic carboxylic acids is 1. The molecule has 9 heteroatoms. The molecule has 180 valence electrons. The summed E-state index contributed by atoms with van der Waals surface area (Å²) in [5.41, 5.74) is 4.50. The Bertz CT molecular complexity index is 1030. The first kappa shape index (κ1) is 23.7. The Morgan fingerprint density at radius 1 is 1.09 bits per heavy atom. The molecule has 3 N–H and O–H groups in total. The van der Waals surface area contributed by atoms with Crippen LogP contribution in [-0.4, -0.2) is 80.0 Å². The largest absolute Gasteiger partial charge is 0.480 e. The first-order valence-corrected chi connectivity index (χ1v) is 11.3. The zero-order valence-corrected chi connectivity index (χ0v) is 19.2. The topological polar surface area (TPSA) is 117 Å². The molecule has 3 atom stereocenters. The van der Waals surface area contributed by atoms with Crippen LogP contribution >= 0.6 is 0 Å². The number of amides is 2. The van der Waals surface area contributed by atoms with E-state index in [-0.39, 0.29) is 25.7 Å². The molecule has 2 amide bonds. The van der Waals surface area contributed by atoms with Crippen molar-refractivity contribution in [3.05, 3.63) is 59.7 Å². The van der Waals surface area contributed by atoms with Crippen LogP contribution in [-0.2, 0) is 19.1 Å². The molecule has 1 aliphatic carbocycles. The average Bonchev–Trinajstić information content (AvgIpc) is 3.39. The van der Waals surface area contributed by atoms with E-state index >= 15 is 0 Å². The number of carbonyl (C=O) groups excluding carboxylic acids is 2. The highest BCUT2D eigenvalue weighted by molar-refractivity contribution is 5.87. The van der Waals surface area contributed by atoms with E-state index in [0.29, 0.717) is 6.42 Å². The highest BCUT2D eigenvalue weighted by Gasteiger charge is 2.38. The maximum absolute atomic E-state index is 12.7. The lowest BCUT2D eigenvalue weighted by Crippen LogP contribution is -2.54. The van der Waals surface area contributed by atoms with E-state index in [4.69, 9.17) is 9.47 Å². The van der Waals surface area contributed by atoms with E-state index < -0.39 is 36.2 Å². The number of hydrogen-bond donors (Lipinski definition) is 3. The molecule has 2 aliphatic rings. The van der Waals surface area contributed by atoms with Gasteiger partial charge in [-0.05, 0) is 42.8 Å². The SMILES string of the molecule is CN(C)CC(NC(=O)[C@H]1OCC[C@H]1NC(=O)OCC1c2ccccc2-c2ccccc21)C(=O)O. The Labute approximate surface area is 198 Å². The van der Waals surface area contributed by atoms with Crippen molar-refractivity contribution in [2.45, 2.75) is 30.5 Å². The van der Waals surface area contributed by atoms with Gasteiger partial charge in [0, 0.05) is 19.1 Å². The molecule has 1 heterocycles. The Morgan fingerprint density at radius 2 is 1.71 bits per heavy atom. The normalized spacial score (nSPS) is 19.9. The van der Waals surface area contributed by atoms with Gasteiger partial charge in [0.25, 0.3) is 5.91 Å². The summed E-state index contributed by atoms with van der Waals surface area (Å²) in [4.78, 5) is 38.4. The standard InChI is InChI=1S/C25H29N3O6/c1-28(2)13-21(24(30)31)26-23(29)22-20(11-12-33-22)27-25(32)34-14-19-17-9-5-3-7-15(17)16-8-4-6-10-18(16)19/h3-10,19-22H,11-14H2,1-2H3,(H,26,29)(H,27,32)(H,30,31)/t20-,21?,22+/m1/s1. The lowest BCUT2D eigenvalue weighted by Gasteiger charge is -2.23. The molecular formula is C25H29N3O6. The fourth-order valence-corrected chi connectivity index (χ4v) is 4.59. The van der Waals surface area contributed by atoms with Gasteiger partial charge >= 0.3 is 12.1 Å². The molecule has 2 aromatic carbocycles. The fourth-order valence-electron chi connectivity index (χ4n) is 4.59. The lowest BCUT2D eigenvalue weighted by molar-refractivity contribution is -0.144. The molecule has 1 aliphatic heterocycles. The van der Waals surface area contributed by atoms with Crippen LogP contribution in [0.2, 0.25) is 0 Å². The molecule has 1 saturated heterocycles. The third-order valence-electron chi connectivity index (χ3n) is 6.16. The molecule has 2 aromatic rings. The first-order valence-electron chi connectivity index (χ1n) is 11.3. The minimum absolute atomic E-state index is 0.0700. The quantitative estimate of drug-likeness (QED) is 0.542. The number of nitrogens with one attached hydrogen (secondary N) is 2. The predicted molar refractivity (Wildman–Crippen MR) is 124 cm³/mol. The first-order chi connectivity index (χ1) is 16.3. The molecule has 0 spiro atoms. The molecule has 0 saturated carbocycles. The summed E-state index contributed by atoms with van der Waals surface area (Å²) in [5, 5.41) is 14.6. The summed E-state index contributed by atoms with van der Waals surface area (Å²) in [6, 6.07) is 14.4. The van der Waals surface area contributed by atoms with Gasteiger partial charge in [-0.15, -0.1) is 0 Å². The van der Waals surface area contributed by atoms with Crippen LogP contribution in [0.1, 0.15) is 23.5 Å². The van der Waals surface area contributed by atoms with Gasteiger partial charge in [-0.25, -0.2) is 9.59 Å². The van der Waals surface area contributed by atoms with Crippen molar-refractivity contribution in [2.75, 3.05) is 33.9 Å². The minimum atomic E-state index is -1.14. The number of hydrogen-bond acceptors (Lipinski definition) is 6. The number of nitrogens with zero attached hydrogens (tertiary/aromatic N) is 1. The van der Waals surface area contributed by atoms with E-state index in [0.717, 1.165) is 22.3 Å². The van der Waals surface area contributed by atoms with Gasteiger partial charge in [0.1, 0.15) is 12.6 Å². The second-order valence-corrected chi connectivity index (χ2v) is 8.82. The molecule has 1 fully saturated rings. The van der Waals surface area contributed by atoms with Crippen LogP contribution in [0.3, 0.4) is 0 Å². The number of carboxylic acid groups (broad SMARTS) is 1. The third-order valence-corrected chi connectivity index (χ3v) is 6.16. The van der Waals surface area contributed by atoms with E-state index in [1.165, 1.54) is 0 Å². The van der Waals surface area contributed by atoms with Crippen molar-refractivity contribution in [1.82, 2.24) is 15.5 Å². The molecule has 0 radical (unpaired) electrons. The van der Waals surface area contributed by atoms with Crippen LogP contribution in [0.25, 0.3) is 11.1 Å². The Hall–Kier alpha value is -3.43. The number of rotatable bonds is 8. The van der Waals surface area contributed by atoms with Gasteiger partial charge in [-0.1, -0.05) is 48.5 Å². The van der Waals surface area contributed by atoms with Crippen molar-refractivity contribution in [1.29, 1.82) is 0 Å². The molecule has 1 unspecified atom stereocenters. The number of benzene rings is 2. The van der Waals surface area contributed by atoms with Crippen molar-refractivity contribution in [3.8, 4) is 11.1 Å². The zero-order valence-electron chi connectivity index (χ0n) is 19.2. The van der Waals surface area contributed by atoms with Gasteiger partial charge in [0.15, 0.2) is 6.10 Å². The predicted octanol–water partition coefficient (Wildman–Crippen LogP) is 1.81. The summed E-state index contributed by atoms with van der Waals surface area (Å²) < 4.78 is 11.1. The van der Waals surface area contributed by atoms with Gasteiger partial charge in [-0.2, -0.15) is 0 Å². The number of fused-ring (bicyclic) bond motifs is 3. The minimum Gasteiger partial charge on any atom is -0.480 e. The highest BCUT2D eigenvalue weighted by atomic mass is 16.6. The molecular weight excluding hydrogens is 438 g/mol. The third kappa shape index (κ3) is 5.05. The Balaban J connectivity index is 1.36. The second-order valence-electron chi connectivity index (χ2n) is 8.82. The maximum Gasteiger partial charge on any atom is 0.407 e. The number of carboxylic acids is 1. The summed E-state index contributed by atoms with van der Waals surface area (Å²) in [6.07, 6.45) is -1.20. The summed E-state index contributed by atoms with van der Waals surface area (Å²) in [7, 11) is 3.44. The molecule has 9 nitrogen and oxygen atoms in total. The highest BCUT2D eigenvalue weighted by Crippen LogP contribution is 2.44. The van der Waals surface area contributed by atoms with Crippen LogP contribution in [0.5, 0.6) is 0 Å². The van der Waals surface area contributed by atoms with Crippen LogP contribution in [0, 0.1) is 0 Å². The van der Waals surface area contributed by atoms with Crippen LogP contribution < -0.4 is 10.6 Å². The van der Waals surface area contributed by atoms with Crippen molar-refractivity contribution < 1.29 is 29.0 Å². The second kappa shape index (κ2) is 10.2. The number of carbonyl (C=O) groups is 3. The van der Waals surface area contributed by atoms with E-state index in [1.54, 1.807) is 19.0 Å². The van der Waals surface area contributed by atoms with Crippen LogP contribution in [0.15, 0.2) is 48.5 Å². The zero-order chi connectivity index (χ0) is 24.2. The number of likely N-dealkylation sites (N-methyl/N-ethyl adjacent to an activating group) is 1. The van der Waals surface area contributed by atoms with Crippen molar-refractivity contribution in [3.63, 3.8) is 0 Å². The summed E-state index contributed by atoms with van der Waals surface area (Å²) >= 11 is 0. The number of ether oxygens (including phenoxy) is 2. The monoisotopic (exact) mass is 467 g/mol. The summed E-state index contributed by atoms with van der Waals surface area (Å²) in [6.45, 7) is 0.574. The van der Waals surface area contributed by atoms with Gasteiger partial charge in [0.05, 0.1) is 6.04 Å². The molecule has 0 bridgehead atoms. The molecule has 0 aromatic heterocycles. The van der Waals surface area contributed by atoms with Gasteiger partial charge in [0.2, 0.25) is 0 Å². The lowest BCUT2D eigenvalue weighted by atomic mass is 9.98. The Kier molecular flexibility index (Phi) is 7.14. The maximum atomic E-state index is 12.7. The van der Waals surface area contributed by atoms with E-state index in [9.17, 15) is 19.5 Å². The average molecular weight is 468 g/mol. The van der Waals surface area contributed by atoms with Crippen molar-refractivity contribution >= 4 is 18.0 Å². The van der Waals surface area contributed by atoms with Crippen LogP contribution in [0.4, 0.5) is 4.79 Å². The molecule has 4 rings (SSSR count). The summed E-state index contributed by atoms with van der Waals surface area (Å²) in [5.74, 6) is -1.78. The van der Waals surface area contributed by atoms with Crippen molar-refractivity contribution in [2.24, 2.45) is 0 Å². The smallest absolute Gasteiger partial charge is 0.407 e. The van der Waals surface area contributed by atoms with Gasteiger partial charge in [-0.3, -0.25) is 4.79 Å². The fraction of sp³-hybridized carbons (Fsp3) is 0.400. The van der Waals surface area contributed by atoms with Gasteiger partial charge < -0.3 is 30.1 Å². The Morgan fingerprint density at radius 3 is 2.29 bits per heavy atom. The van der Waals surface area contributed by atoms with E-state index in [1.807, 2.05) is 36.4 Å². The molecule has 34 heavy (non-hydrogen) atoms.